The molecule has 0 radical (unpaired) electrons. The van der Waals surface area contributed by atoms with E-state index in [1.54, 1.807) is 22.7 Å². The Kier molecular flexibility index (Phi) is 4.51. The first-order valence-electron chi connectivity index (χ1n) is 8.67. The number of hydrogen-bond acceptors (Lipinski definition) is 6. The van der Waals surface area contributed by atoms with E-state index in [4.69, 9.17) is 4.42 Å². The highest BCUT2D eigenvalue weighted by Crippen LogP contribution is 2.40. The maximum Gasteiger partial charge on any atom is 0.257 e. The van der Waals surface area contributed by atoms with Gasteiger partial charge in [-0.15, -0.1) is 22.7 Å². The molecule has 5 rings (SSSR count). The molecule has 0 unspecified atom stereocenters. The van der Waals surface area contributed by atoms with Crippen molar-refractivity contribution in [2.24, 2.45) is 0 Å². The van der Waals surface area contributed by atoms with Gasteiger partial charge in [0.05, 0.1) is 11.8 Å². The maximum absolute atomic E-state index is 13.1. The van der Waals surface area contributed by atoms with Gasteiger partial charge in [0.15, 0.2) is 5.58 Å². The van der Waals surface area contributed by atoms with Crippen LogP contribution >= 0.6 is 34.4 Å². The second-order valence-electron chi connectivity index (χ2n) is 6.29. The number of oxazole rings is 1. The number of fused-ring (bicyclic) bond motifs is 2. The predicted octanol–water partition coefficient (Wildman–Crippen LogP) is 5.22. The van der Waals surface area contributed by atoms with Crippen molar-refractivity contribution < 1.29 is 9.21 Å². The van der Waals surface area contributed by atoms with Gasteiger partial charge >= 0.3 is 0 Å². The molecular weight excluding hydrogens is 396 g/mol. The van der Waals surface area contributed by atoms with Crippen LogP contribution in [-0.2, 0) is 11.2 Å². The van der Waals surface area contributed by atoms with Gasteiger partial charge in [0.25, 0.3) is 5.22 Å². The zero-order valence-electron chi connectivity index (χ0n) is 14.3. The summed E-state index contributed by atoms with van der Waals surface area (Å²) in [5.41, 5.74) is 2.85. The van der Waals surface area contributed by atoms with Crippen molar-refractivity contribution in [1.82, 2.24) is 9.88 Å². The first-order chi connectivity index (χ1) is 13.3. The van der Waals surface area contributed by atoms with Crippen LogP contribution < -0.4 is 0 Å². The topological polar surface area (TPSA) is 46.3 Å². The van der Waals surface area contributed by atoms with E-state index in [1.165, 1.54) is 27.1 Å². The van der Waals surface area contributed by atoms with Gasteiger partial charge < -0.3 is 9.32 Å². The highest BCUT2D eigenvalue weighted by molar-refractivity contribution is 7.99. The van der Waals surface area contributed by atoms with Gasteiger partial charge in [0, 0.05) is 16.3 Å². The minimum absolute atomic E-state index is 0.0248. The van der Waals surface area contributed by atoms with Crippen molar-refractivity contribution in [3.8, 4) is 0 Å². The number of para-hydroxylation sites is 2. The van der Waals surface area contributed by atoms with Crippen molar-refractivity contribution in [3.05, 3.63) is 68.5 Å². The molecule has 0 fully saturated rings. The molecule has 0 saturated heterocycles. The van der Waals surface area contributed by atoms with Crippen LogP contribution in [0.25, 0.3) is 11.1 Å². The van der Waals surface area contributed by atoms with Crippen LogP contribution in [0.3, 0.4) is 0 Å². The van der Waals surface area contributed by atoms with Gasteiger partial charge in [-0.25, -0.2) is 4.98 Å². The lowest BCUT2D eigenvalue weighted by Crippen LogP contribution is -2.40. The van der Waals surface area contributed by atoms with Crippen LogP contribution in [-0.4, -0.2) is 28.1 Å². The average Bonchev–Trinajstić information content (AvgIpc) is 3.45. The smallest absolute Gasteiger partial charge is 0.257 e. The number of carbonyl (C=O) groups is 1. The van der Waals surface area contributed by atoms with Crippen molar-refractivity contribution in [2.45, 2.75) is 17.7 Å². The Bertz CT molecular complexity index is 1050. The molecule has 0 spiro atoms. The molecule has 0 saturated carbocycles. The Morgan fingerprint density at radius 1 is 1.19 bits per heavy atom. The van der Waals surface area contributed by atoms with Gasteiger partial charge in [0.2, 0.25) is 5.91 Å². The van der Waals surface area contributed by atoms with Crippen molar-refractivity contribution >= 4 is 51.4 Å². The summed E-state index contributed by atoms with van der Waals surface area (Å²) >= 11 is 4.86. The molecule has 136 valence electrons. The standard InChI is InChI=1S/C20H16N2O2S3/c23-18(12-27-20-21-14-4-1-2-5-15(14)24-20)22-9-7-16-13(8-11-26-16)19(22)17-6-3-10-25-17/h1-6,8,10-11,19H,7,9,12H2/t19-/m1/s1. The van der Waals surface area contributed by atoms with E-state index >= 15 is 0 Å². The van der Waals surface area contributed by atoms with Gasteiger partial charge in [-0.3, -0.25) is 4.79 Å². The first kappa shape index (κ1) is 17.0. The minimum atomic E-state index is 0.0248. The largest absolute Gasteiger partial charge is 0.431 e. The number of amides is 1. The van der Waals surface area contributed by atoms with Crippen LogP contribution in [0.2, 0.25) is 0 Å². The lowest BCUT2D eigenvalue weighted by Gasteiger charge is -2.35. The van der Waals surface area contributed by atoms with Crippen LogP contribution in [0.5, 0.6) is 0 Å². The second kappa shape index (κ2) is 7.14. The molecular formula is C20H16N2O2S3. The fourth-order valence-electron chi connectivity index (χ4n) is 3.46. The van der Waals surface area contributed by atoms with Gasteiger partial charge in [-0.2, -0.15) is 0 Å². The highest BCUT2D eigenvalue weighted by Gasteiger charge is 2.33. The molecule has 1 aliphatic heterocycles. The van der Waals surface area contributed by atoms with E-state index in [0.717, 1.165) is 24.1 Å². The summed E-state index contributed by atoms with van der Waals surface area (Å²) < 4.78 is 5.73. The van der Waals surface area contributed by atoms with E-state index in [2.05, 4.69) is 33.9 Å². The SMILES string of the molecule is O=C(CSc1nc2ccccc2o1)N1CCc2sccc2[C@@H]1c1cccs1. The number of benzene rings is 1. The Morgan fingerprint density at radius 3 is 2.96 bits per heavy atom. The molecule has 27 heavy (non-hydrogen) atoms. The summed E-state index contributed by atoms with van der Waals surface area (Å²) in [6.07, 6.45) is 0.925. The summed E-state index contributed by atoms with van der Waals surface area (Å²) in [6, 6.07) is 14.0. The van der Waals surface area contributed by atoms with Crippen LogP contribution in [0, 0.1) is 0 Å². The van der Waals surface area contributed by atoms with Crippen molar-refractivity contribution in [3.63, 3.8) is 0 Å². The second-order valence-corrected chi connectivity index (χ2v) is 9.20. The molecule has 1 aliphatic rings. The zero-order valence-corrected chi connectivity index (χ0v) is 16.8. The fourth-order valence-corrected chi connectivity index (χ4v) is 5.94. The normalized spacial score (nSPS) is 16.6. The molecule has 1 aromatic carbocycles. The van der Waals surface area contributed by atoms with E-state index in [9.17, 15) is 4.79 Å². The Balaban J connectivity index is 1.37. The fraction of sp³-hybridized carbons (Fsp3) is 0.200. The van der Waals surface area contributed by atoms with Gasteiger partial charge in [0.1, 0.15) is 5.52 Å². The predicted molar refractivity (Wildman–Crippen MR) is 111 cm³/mol. The third-order valence-corrected chi connectivity index (χ3v) is 7.43. The van der Waals surface area contributed by atoms with Crippen LogP contribution in [0.1, 0.15) is 21.4 Å². The summed E-state index contributed by atoms with van der Waals surface area (Å²) in [6.45, 7) is 0.753. The monoisotopic (exact) mass is 412 g/mol. The zero-order chi connectivity index (χ0) is 18.2. The molecule has 0 bridgehead atoms. The Hall–Kier alpha value is -2.09. The number of carbonyl (C=O) groups excluding carboxylic acids is 1. The molecule has 7 heteroatoms. The van der Waals surface area contributed by atoms with Gasteiger partial charge in [-0.1, -0.05) is 30.0 Å². The molecule has 1 amide bonds. The number of aromatic nitrogens is 1. The Labute approximate surface area is 168 Å². The third kappa shape index (κ3) is 3.20. The average molecular weight is 413 g/mol. The number of rotatable bonds is 4. The molecule has 4 heterocycles. The maximum atomic E-state index is 13.1. The quantitative estimate of drug-likeness (QED) is 0.431. The minimum Gasteiger partial charge on any atom is -0.431 e. The van der Waals surface area contributed by atoms with Crippen LogP contribution in [0.15, 0.2) is 62.9 Å². The van der Waals surface area contributed by atoms with Crippen LogP contribution in [0.4, 0.5) is 0 Å². The lowest BCUT2D eigenvalue weighted by molar-refractivity contribution is -0.130. The molecule has 0 aliphatic carbocycles. The summed E-state index contributed by atoms with van der Waals surface area (Å²) in [4.78, 5) is 22.1. The number of hydrogen-bond donors (Lipinski definition) is 0. The summed E-state index contributed by atoms with van der Waals surface area (Å²) in [7, 11) is 0. The molecule has 4 aromatic rings. The van der Waals surface area contributed by atoms with Crippen molar-refractivity contribution in [2.75, 3.05) is 12.3 Å². The lowest BCUT2D eigenvalue weighted by atomic mass is 9.98. The van der Waals surface area contributed by atoms with E-state index in [1.807, 2.05) is 29.2 Å². The van der Waals surface area contributed by atoms with Gasteiger partial charge in [-0.05, 0) is 47.0 Å². The third-order valence-electron chi connectivity index (χ3n) is 4.69. The Morgan fingerprint density at radius 2 is 2.11 bits per heavy atom. The molecule has 1 atom stereocenters. The summed E-state index contributed by atoms with van der Waals surface area (Å²) in [5, 5.41) is 4.75. The van der Waals surface area contributed by atoms with E-state index < -0.39 is 0 Å². The number of nitrogens with zero attached hydrogens (tertiary/aromatic N) is 2. The highest BCUT2D eigenvalue weighted by atomic mass is 32.2. The number of thioether (sulfide) groups is 1. The molecule has 0 N–H and O–H groups in total. The summed E-state index contributed by atoms with van der Waals surface area (Å²) in [5.74, 6) is 0.450. The van der Waals surface area contributed by atoms with Crippen molar-refractivity contribution in [1.29, 1.82) is 0 Å². The van der Waals surface area contributed by atoms with E-state index in [0.29, 0.717) is 11.0 Å². The van der Waals surface area contributed by atoms with E-state index in [-0.39, 0.29) is 11.9 Å². The number of thiophene rings is 2. The first-order valence-corrected chi connectivity index (χ1v) is 11.4. The molecule has 3 aromatic heterocycles. The molecule has 4 nitrogen and oxygen atoms in total.